The first-order chi connectivity index (χ1) is 7.64. The Morgan fingerprint density at radius 3 is 2.31 bits per heavy atom. The molecule has 1 saturated heterocycles. The molecule has 3 heteroatoms. The molecule has 2 nitrogen and oxygen atoms in total. The Bertz CT molecular complexity index is 341. The lowest BCUT2D eigenvalue weighted by molar-refractivity contribution is -0.0203. The molecule has 0 aromatic heterocycles. The van der Waals surface area contributed by atoms with Crippen molar-refractivity contribution in [3.63, 3.8) is 0 Å². The summed E-state index contributed by atoms with van der Waals surface area (Å²) in [5.74, 6) is 0. The maximum atomic E-state index is 10.6. The fourth-order valence-corrected chi connectivity index (χ4v) is 2.69. The van der Waals surface area contributed by atoms with Crippen LogP contribution >= 0.6 is 22.6 Å². The van der Waals surface area contributed by atoms with Crippen molar-refractivity contribution in [3.8, 4) is 0 Å². The topological polar surface area (TPSA) is 23.5 Å². The number of benzene rings is 1. The van der Waals surface area contributed by atoms with Crippen LogP contribution in [0.3, 0.4) is 0 Å². The Morgan fingerprint density at radius 2 is 1.81 bits per heavy atom. The third-order valence-corrected chi connectivity index (χ3v) is 4.34. The smallest absolute Gasteiger partial charge is 0.0920 e. The minimum atomic E-state index is -0.601. The molecule has 2 rings (SSSR count). The van der Waals surface area contributed by atoms with Crippen LogP contribution in [-0.4, -0.2) is 30.1 Å². The van der Waals surface area contributed by atoms with Gasteiger partial charge in [-0.3, -0.25) is 0 Å². The summed E-state index contributed by atoms with van der Waals surface area (Å²) in [6.07, 6.45) is 1.68. The van der Waals surface area contributed by atoms with Crippen LogP contribution in [0.1, 0.15) is 24.0 Å². The second-order valence-electron chi connectivity index (χ2n) is 4.67. The largest absolute Gasteiger partial charge is 0.385 e. The van der Waals surface area contributed by atoms with Gasteiger partial charge in [-0.1, -0.05) is 46.9 Å². The van der Waals surface area contributed by atoms with Gasteiger partial charge in [0, 0.05) is 17.5 Å². The van der Waals surface area contributed by atoms with Gasteiger partial charge in [0.25, 0.3) is 0 Å². The van der Waals surface area contributed by atoms with Crippen LogP contribution in [0.5, 0.6) is 0 Å². The monoisotopic (exact) mass is 331 g/mol. The van der Waals surface area contributed by atoms with E-state index in [1.54, 1.807) is 0 Å². The highest BCUT2D eigenvalue weighted by Gasteiger charge is 2.32. The number of aliphatic hydroxyl groups is 1. The quantitative estimate of drug-likeness (QED) is 0.665. The van der Waals surface area contributed by atoms with E-state index in [0.29, 0.717) is 0 Å². The fraction of sp³-hybridized carbons (Fsp3) is 0.538. The number of hydrogen-bond donors (Lipinski definition) is 1. The number of hydrogen-bond acceptors (Lipinski definition) is 2. The maximum Gasteiger partial charge on any atom is 0.0920 e. The highest BCUT2D eigenvalue weighted by molar-refractivity contribution is 14.1. The van der Waals surface area contributed by atoms with Crippen LogP contribution in [0.2, 0.25) is 0 Å². The number of nitrogens with zero attached hydrogens (tertiary/aromatic N) is 1. The third kappa shape index (κ3) is 2.57. The molecule has 0 atom stereocenters. The van der Waals surface area contributed by atoms with E-state index in [1.165, 1.54) is 5.56 Å². The predicted octanol–water partition coefficient (Wildman–Crippen LogP) is 2.53. The van der Waals surface area contributed by atoms with E-state index in [2.05, 4.69) is 58.8 Å². The van der Waals surface area contributed by atoms with Crippen LogP contribution in [-0.2, 0) is 10.0 Å². The molecule has 1 heterocycles. The summed E-state index contributed by atoms with van der Waals surface area (Å²) in [6.45, 7) is 1.95. The second kappa shape index (κ2) is 5.02. The first-order valence-corrected chi connectivity index (χ1v) is 7.23. The van der Waals surface area contributed by atoms with Gasteiger partial charge in [-0.25, -0.2) is 0 Å². The molecular weight excluding hydrogens is 313 g/mol. The standard InChI is InChI=1S/C13H18INO/c1-15-8-6-13(16,7-9-15)12-4-2-11(10-14)3-5-12/h2-5,16H,6-10H2,1H3. The zero-order chi connectivity index (χ0) is 11.6. The number of piperidine rings is 1. The summed E-state index contributed by atoms with van der Waals surface area (Å²) in [5, 5.41) is 10.6. The van der Waals surface area contributed by atoms with Crippen LogP contribution in [0.4, 0.5) is 0 Å². The molecule has 1 aliphatic rings. The van der Waals surface area contributed by atoms with Gasteiger partial charge in [0.1, 0.15) is 0 Å². The van der Waals surface area contributed by atoms with Gasteiger partial charge in [0.05, 0.1) is 5.60 Å². The predicted molar refractivity (Wildman–Crippen MR) is 74.8 cm³/mol. The molecule has 0 unspecified atom stereocenters. The average Bonchev–Trinajstić information content (AvgIpc) is 2.33. The zero-order valence-corrected chi connectivity index (χ0v) is 11.8. The van der Waals surface area contributed by atoms with Crippen LogP contribution in [0.25, 0.3) is 0 Å². The van der Waals surface area contributed by atoms with Crippen molar-refractivity contribution in [2.24, 2.45) is 0 Å². The lowest BCUT2D eigenvalue weighted by atomic mass is 9.84. The lowest BCUT2D eigenvalue weighted by Crippen LogP contribution is -2.40. The molecule has 0 amide bonds. The average molecular weight is 331 g/mol. The molecule has 0 bridgehead atoms. The first kappa shape index (κ1) is 12.3. The van der Waals surface area contributed by atoms with E-state index < -0.39 is 5.60 Å². The molecule has 0 radical (unpaired) electrons. The van der Waals surface area contributed by atoms with Gasteiger partial charge in [0.2, 0.25) is 0 Å². The molecule has 1 N–H and O–H groups in total. The summed E-state index contributed by atoms with van der Waals surface area (Å²) >= 11 is 2.36. The molecule has 88 valence electrons. The number of rotatable bonds is 2. The van der Waals surface area contributed by atoms with Crippen LogP contribution in [0.15, 0.2) is 24.3 Å². The number of alkyl halides is 1. The number of halogens is 1. The second-order valence-corrected chi connectivity index (χ2v) is 5.43. The minimum absolute atomic E-state index is 0.601. The molecule has 1 aromatic carbocycles. The Balaban J connectivity index is 2.16. The van der Waals surface area contributed by atoms with Crippen molar-refractivity contribution in [2.75, 3.05) is 20.1 Å². The summed E-state index contributed by atoms with van der Waals surface area (Å²) in [7, 11) is 2.11. The molecule has 16 heavy (non-hydrogen) atoms. The van der Waals surface area contributed by atoms with Gasteiger partial charge in [-0.05, 0) is 31.0 Å². The molecule has 1 aromatic rings. The Morgan fingerprint density at radius 1 is 1.25 bits per heavy atom. The van der Waals surface area contributed by atoms with Gasteiger partial charge in [-0.2, -0.15) is 0 Å². The first-order valence-electron chi connectivity index (χ1n) is 5.70. The van der Waals surface area contributed by atoms with Gasteiger partial charge < -0.3 is 10.0 Å². The Hall–Kier alpha value is -0.130. The van der Waals surface area contributed by atoms with Crippen molar-refractivity contribution in [1.29, 1.82) is 0 Å². The molecule has 0 spiro atoms. The fourth-order valence-electron chi connectivity index (χ4n) is 2.18. The zero-order valence-electron chi connectivity index (χ0n) is 9.62. The minimum Gasteiger partial charge on any atom is -0.385 e. The van der Waals surface area contributed by atoms with Crippen molar-refractivity contribution >= 4 is 22.6 Å². The van der Waals surface area contributed by atoms with E-state index in [4.69, 9.17) is 0 Å². The molecule has 0 saturated carbocycles. The highest BCUT2D eigenvalue weighted by Crippen LogP contribution is 2.32. The van der Waals surface area contributed by atoms with Crippen molar-refractivity contribution < 1.29 is 5.11 Å². The maximum absolute atomic E-state index is 10.6. The van der Waals surface area contributed by atoms with Crippen LogP contribution < -0.4 is 0 Å². The lowest BCUT2D eigenvalue weighted by Gasteiger charge is -2.37. The molecular formula is C13H18INO. The summed E-state index contributed by atoms with van der Waals surface area (Å²) in [6, 6.07) is 8.41. The van der Waals surface area contributed by atoms with E-state index in [0.717, 1.165) is 35.9 Å². The van der Waals surface area contributed by atoms with Crippen molar-refractivity contribution in [2.45, 2.75) is 22.9 Å². The van der Waals surface area contributed by atoms with Crippen molar-refractivity contribution in [1.82, 2.24) is 4.90 Å². The Kier molecular flexibility index (Phi) is 3.87. The molecule has 1 aliphatic heterocycles. The third-order valence-electron chi connectivity index (χ3n) is 3.46. The summed E-state index contributed by atoms with van der Waals surface area (Å²) in [4.78, 5) is 2.27. The normalized spacial score (nSPS) is 20.9. The van der Waals surface area contributed by atoms with E-state index in [9.17, 15) is 5.11 Å². The molecule has 0 aliphatic carbocycles. The molecule has 1 fully saturated rings. The van der Waals surface area contributed by atoms with Crippen LogP contribution in [0, 0.1) is 0 Å². The van der Waals surface area contributed by atoms with Gasteiger partial charge in [-0.15, -0.1) is 0 Å². The van der Waals surface area contributed by atoms with Gasteiger partial charge in [0.15, 0.2) is 0 Å². The van der Waals surface area contributed by atoms with E-state index in [-0.39, 0.29) is 0 Å². The number of likely N-dealkylation sites (tertiary alicyclic amines) is 1. The van der Waals surface area contributed by atoms with E-state index >= 15 is 0 Å². The van der Waals surface area contributed by atoms with E-state index in [1.807, 2.05) is 0 Å². The highest BCUT2D eigenvalue weighted by atomic mass is 127. The Labute approximate surface area is 111 Å². The summed E-state index contributed by atoms with van der Waals surface area (Å²) in [5.41, 5.74) is 1.80. The SMILES string of the molecule is CN1CCC(O)(c2ccc(CI)cc2)CC1. The van der Waals surface area contributed by atoms with Crippen molar-refractivity contribution in [3.05, 3.63) is 35.4 Å². The van der Waals surface area contributed by atoms with Gasteiger partial charge >= 0.3 is 0 Å². The summed E-state index contributed by atoms with van der Waals surface area (Å²) < 4.78 is 1.03.